The van der Waals surface area contributed by atoms with Crippen molar-refractivity contribution in [2.24, 2.45) is 11.3 Å². The van der Waals surface area contributed by atoms with Gasteiger partial charge in [0.1, 0.15) is 12.8 Å². The molecule has 2 aromatic rings. The lowest BCUT2D eigenvalue weighted by molar-refractivity contribution is -0.146. The predicted molar refractivity (Wildman–Crippen MR) is 121 cm³/mol. The maximum absolute atomic E-state index is 12.9. The third-order valence-electron chi connectivity index (χ3n) is 7.09. The van der Waals surface area contributed by atoms with Crippen LogP contribution in [0.1, 0.15) is 31.2 Å². The summed E-state index contributed by atoms with van der Waals surface area (Å²) in [6.45, 7) is 4.43. The molecule has 0 unspecified atom stereocenters. The Morgan fingerprint density at radius 3 is 2.65 bits per heavy atom. The number of anilines is 1. The van der Waals surface area contributed by atoms with Gasteiger partial charge < -0.3 is 14.5 Å². The van der Waals surface area contributed by atoms with Gasteiger partial charge in [-0.25, -0.2) is 9.18 Å². The van der Waals surface area contributed by atoms with Crippen molar-refractivity contribution in [3.8, 4) is 5.69 Å². The maximum Gasteiger partial charge on any atom is 0.410 e. The van der Waals surface area contributed by atoms with Crippen LogP contribution in [-0.4, -0.2) is 75.5 Å². The highest BCUT2D eigenvalue weighted by molar-refractivity contribution is 6.30. The fraction of sp³-hybridized carbons (Fsp3) is 0.565. The second kappa shape index (κ2) is 7.83. The number of hydrogen-bond acceptors (Lipinski definition) is 6. The van der Waals surface area contributed by atoms with Gasteiger partial charge in [0.2, 0.25) is 11.9 Å². The van der Waals surface area contributed by atoms with Gasteiger partial charge in [-0.15, -0.1) is 10.2 Å². The predicted octanol–water partition coefficient (Wildman–Crippen LogP) is 2.79. The Balaban J connectivity index is 1.24. The molecule has 1 aromatic heterocycles. The molecule has 180 valence electrons. The van der Waals surface area contributed by atoms with Gasteiger partial charge in [-0.1, -0.05) is 11.6 Å². The normalized spacial score (nSPS) is 21.2. The lowest BCUT2D eigenvalue weighted by Crippen LogP contribution is -2.73. The molecule has 1 atom stereocenters. The van der Waals surface area contributed by atoms with E-state index < -0.39 is 18.9 Å². The standard InChI is InChI=1S/C23H26ClFN6O3/c1-14(7-25)34-22(33)28-8-16-6-17(24)4-5-18(16)31-19(9-28)26-27-21(31)30-12-23(13-30)10-29(11-23)20(32)15-2-3-15/h4-6,14-15H,2-3,7-13H2,1H3/t14-/m0/s1. The maximum atomic E-state index is 12.9. The van der Waals surface area contributed by atoms with Crippen molar-refractivity contribution in [2.75, 3.05) is 37.8 Å². The lowest BCUT2D eigenvalue weighted by atomic mass is 9.73. The smallest absolute Gasteiger partial charge is 0.410 e. The number of likely N-dealkylation sites (tertiary alicyclic amines) is 1. The molecule has 6 rings (SSSR count). The molecule has 1 spiro atoms. The zero-order valence-corrected chi connectivity index (χ0v) is 19.7. The number of ether oxygens (including phenoxy) is 1. The number of carbonyl (C=O) groups excluding carboxylic acids is 2. The number of amides is 2. The summed E-state index contributed by atoms with van der Waals surface area (Å²) in [4.78, 5) is 30.7. The van der Waals surface area contributed by atoms with Crippen LogP contribution in [0.3, 0.4) is 0 Å². The van der Waals surface area contributed by atoms with Crippen LogP contribution in [0.2, 0.25) is 5.02 Å². The van der Waals surface area contributed by atoms with E-state index in [2.05, 4.69) is 15.1 Å². The van der Waals surface area contributed by atoms with Crippen molar-refractivity contribution in [2.45, 2.75) is 39.0 Å². The van der Waals surface area contributed by atoms with Gasteiger partial charge in [0.25, 0.3) is 0 Å². The van der Waals surface area contributed by atoms with Crippen molar-refractivity contribution in [1.29, 1.82) is 0 Å². The molecule has 1 aromatic carbocycles. The summed E-state index contributed by atoms with van der Waals surface area (Å²) < 4.78 is 20.1. The number of hydrogen-bond donors (Lipinski definition) is 0. The first-order valence-electron chi connectivity index (χ1n) is 11.6. The summed E-state index contributed by atoms with van der Waals surface area (Å²) in [5, 5.41) is 9.40. The lowest BCUT2D eigenvalue weighted by Gasteiger charge is -2.60. The topological polar surface area (TPSA) is 83.8 Å². The van der Waals surface area contributed by atoms with Gasteiger partial charge in [0, 0.05) is 42.5 Å². The second-order valence-corrected chi connectivity index (χ2v) is 10.5. The molecule has 3 aliphatic heterocycles. The molecular weight excluding hydrogens is 463 g/mol. The van der Waals surface area contributed by atoms with Gasteiger partial charge in [0.15, 0.2) is 5.82 Å². The Bertz CT molecular complexity index is 1150. The zero-order chi connectivity index (χ0) is 23.6. The van der Waals surface area contributed by atoms with Crippen LogP contribution in [0, 0.1) is 11.3 Å². The minimum absolute atomic E-state index is 0.128. The van der Waals surface area contributed by atoms with E-state index >= 15 is 0 Å². The average Bonchev–Trinajstić information content (AvgIpc) is 3.55. The Morgan fingerprint density at radius 2 is 1.94 bits per heavy atom. The SMILES string of the molecule is C[C@@H](CF)OC(=O)N1Cc2cc(Cl)ccc2-n2c(nnc2N2CC3(CN(C(=O)C4CC4)C3)C2)C1. The van der Waals surface area contributed by atoms with Crippen molar-refractivity contribution < 1.29 is 18.7 Å². The molecule has 0 radical (unpaired) electrons. The molecule has 2 amide bonds. The Kier molecular flexibility index (Phi) is 4.98. The van der Waals surface area contributed by atoms with Crippen LogP contribution in [-0.2, 0) is 22.6 Å². The minimum atomic E-state index is -0.825. The first-order valence-corrected chi connectivity index (χ1v) is 12.0. The monoisotopic (exact) mass is 488 g/mol. The first kappa shape index (κ1) is 21.6. The molecular formula is C23H26ClFN6O3. The third-order valence-corrected chi connectivity index (χ3v) is 7.33. The van der Waals surface area contributed by atoms with Gasteiger partial charge in [0.05, 0.1) is 18.8 Å². The second-order valence-electron chi connectivity index (χ2n) is 10.1. The molecule has 9 nitrogen and oxygen atoms in total. The van der Waals surface area contributed by atoms with Crippen molar-refractivity contribution in [3.05, 3.63) is 34.6 Å². The number of benzene rings is 1. The van der Waals surface area contributed by atoms with E-state index in [0.717, 1.165) is 50.3 Å². The summed E-state index contributed by atoms with van der Waals surface area (Å²) >= 11 is 6.27. The highest BCUT2D eigenvalue weighted by atomic mass is 35.5. The highest BCUT2D eigenvalue weighted by Crippen LogP contribution is 2.44. The fourth-order valence-corrected chi connectivity index (χ4v) is 5.41. The van der Waals surface area contributed by atoms with Crippen LogP contribution in [0.4, 0.5) is 15.1 Å². The summed E-state index contributed by atoms with van der Waals surface area (Å²) in [5.41, 5.74) is 1.81. The molecule has 1 saturated carbocycles. The molecule has 4 aliphatic rings. The number of rotatable bonds is 4. The number of nitrogens with zero attached hydrogens (tertiary/aromatic N) is 6. The number of carbonyl (C=O) groups is 2. The van der Waals surface area contributed by atoms with E-state index in [1.807, 2.05) is 21.6 Å². The van der Waals surface area contributed by atoms with Crippen molar-refractivity contribution >= 4 is 29.5 Å². The Morgan fingerprint density at radius 1 is 1.18 bits per heavy atom. The number of halogens is 2. The van der Waals surface area contributed by atoms with Gasteiger partial charge in [-0.3, -0.25) is 14.3 Å². The molecule has 1 aliphatic carbocycles. The van der Waals surface area contributed by atoms with Gasteiger partial charge in [-0.05, 0) is 43.5 Å². The third kappa shape index (κ3) is 3.59. The van der Waals surface area contributed by atoms with Crippen LogP contribution in [0.5, 0.6) is 0 Å². The Hall–Kier alpha value is -2.88. The molecule has 3 fully saturated rings. The number of fused-ring (bicyclic) bond motifs is 3. The molecule has 34 heavy (non-hydrogen) atoms. The summed E-state index contributed by atoms with van der Waals surface area (Å²) in [6, 6.07) is 5.53. The Labute approximate surface area is 201 Å². The van der Waals surface area contributed by atoms with E-state index in [1.54, 1.807) is 6.07 Å². The fourth-order valence-electron chi connectivity index (χ4n) is 5.21. The van der Waals surface area contributed by atoms with E-state index in [4.69, 9.17) is 16.3 Å². The molecule has 4 heterocycles. The summed E-state index contributed by atoms with van der Waals surface area (Å²) in [5.74, 6) is 1.87. The van der Waals surface area contributed by atoms with Gasteiger partial charge >= 0.3 is 6.09 Å². The highest BCUT2D eigenvalue weighted by Gasteiger charge is 2.55. The number of alkyl halides is 1. The van der Waals surface area contributed by atoms with Crippen LogP contribution >= 0.6 is 11.6 Å². The zero-order valence-electron chi connectivity index (χ0n) is 18.9. The average molecular weight is 489 g/mol. The van der Waals surface area contributed by atoms with E-state index in [-0.39, 0.29) is 24.4 Å². The largest absolute Gasteiger partial charge is 0.444 e. The first-order chi connectivity index (χ1) is 16.4. The van der Waals surface area contributed by atoms with Crippen molar-refractivity contribution in [3.63, 3.8) is 0 Å². The number of aromatic nitrogens is 3. The van der Waals surface area contributed by atoms with Gasteiger partial charge in [-0.2, -0.15) is 0 Å². The van der Waals surface area contributed by atoms with Crippen LogP contribution < -0.4 is 4.90 Å². The minimum Gasteiger partial charge on any atom is -0.444 e. The molecule has 2 saturated heterocycles. The van der Waals surface area contributed by atoms with E-state index in [1.165, 1.54) is 11.8 Å². The molecule has 0 bridgehead atoms. The summed E-state index contributed by atoms with van der Waals surface area (Å²) in [7, 11) is 0. The van der Waals surface area contributed by atoms with Crippen LogP contribution in [0.15, 0.2) is 18.2 Å². The quantitative estimate of drug-likeness (QED) is 0.658. The van der Waals surface area contributed by atoms with Crippen molar-refractivity contribution in [1.82, 2.24) is 24.6 Å². The molecule has 0 N–H and O–H groups in total. The van der Waals surface area contributed by atoms with Crippen LogP contribution in [0.25, 0.3) is 5.69 Å². The summed E-state index contributed by atoms with van der Waals surface area (Å²) in [6.07, 6.45) is 0.628. The van der Waals surface area contributed by atoms with E-state index in [0.29, 0.717) is 22.7 Å². The van der Waals surface area contributed by atoms with E-state index in [9.17, 15) is 14.0 Å². The molecule has 11 heteroatoms.